The van der Waals surface area contributed by atoms with Gasteiger partial charge in [0, 0.05) is 24.4 Å². The Kier molecular flexibility index (Phi) is 3.85. The lowest BCUT2D eigenvalue weighted by molar-refractivity contribution is -0.384. The minimum atomic E-state index is -0.492. The third-order valence-electron chi connectivity index (χ3n) is 2.53. The van der Waals surface area contributed by atoms with Crippen LogP contribution in [0, 0.1) is 27.2 Å². The molecule has 0 amide bonds. The Morgan fingerprint density at radius 2 is 1.90 bits per heavy atom. The molecule has 0 atom stereocenters. The second-order valence-electron chi connectivity index (χ2n) is 3.92. The molecule has 0 saturated heterocycles. The highest BCUT2D eigenvalue weighted by atomic mass is 32.1. The average Bonchev–Trinajstić information content (AvgIpc) is 2.86. The largest absolute Gasteiger partial charge is 0.324 e. The second kappa shape index (κ2) is 5.57. The smallest absolute Gasteiger partial charge is 0.258 e. The Balaban J connectivity index is 2.28. The summed E-state index contributed by atoms with van der Waals surface area (Å²) in [6.07, 6.45) is 1.46. The van der Waals surface area contributed by atoms with Gasteiger partial charge in [-0.3, -0.25) is 25.2 Å². The molecule has 7 nitrogen and oxygen atoms in total. The van der Waals surface area contributed by atoms with Gasteiger partial charge in [-0.05, 0) is 18.6 Å². The van der Waals surface area contributed by atoms with Gasteiger partial charge >= 0.3 is 5.00 Å². The number of nitro benzene ring substituents is 1. The number of aryl methyl sites for hydroxylation is 1. The first-order valence-corrected chi connectivity index (χ1v) is 6.32. The van der Waals surface area contributed by atoms with Gasteiger partial charge in [0.05, 0.1) is 20.4 Å². The molecule has 0 spiro atoms. The molecule has 0 radical (unpaired) electrons. The molecule has 0 N–H and O–H groups in total. The summed E-state index contributed by atoms with van der Waals surface area (Å²) < 4.78 is 0. The van der Waals surface area contributed by atoms with Crippen LogP contribution >= 0.6 is 11.3 Å². The van der Waals surface area contributed by atoms with Crippen LogP contribution in [0.3, 0.4) is 0 Å². The quantitative estimate of drug-likeness (QED) is 0.488. The fourth-order valence-electron chi connectivity index (χ4n) is 1.49. The molecule has 0 fully saturated rings. The molecular formula is C12H9N3O4S. The van der Waals surface area contributed by atoms with Crippen LogP contribution in [0.5, 0.6) is 0 Å². The molecule has 0 saturated carbocycles. The van der Waals surface area contributed by atoms with E-state index < -0.39 is 9.85 Å². The summed E-state index contributed by atoms with van der Waals surface area (Å²) in [5.74, 6) is 0. The number of nitrogens with zero attached hydrogens (tertiary/aromatic N) is 3. The molecule has 0 aliphatic heterocycles. The third-order valence-corrected chi connectivity index (χ3v) is 3.50. The number of aliphatic imine (C=N–C) groups is 1. The molecule has 1 aromatic carbocycles. The Bertz CT molecular complexity index is 708. The van der Waals surface area contributed by atoms with Crippen LogP contribution in [0.25, 0.3) is 0 Å². The van der Waals surface area contributed by atoms with Crippen molar-refractivity contribution in [3.63, 3.8) is 0 Å². The molecule has 1 heterocycles. The van der Waals surface area contributed by atoms with Gasteiger partial charge in [-0.2, -0.15) is 0 Å². The van der Waals surface area contributed by atoms with Crippen LogP contribution in [-0.2, 0) is 0 Å². The average molecular weight is 291 g/mol. The van der Waals surface area contributed by atoms with E-state index in [1.54, 1.807) is 19.1 Å². The first kappa shape index (κ1) is 13.8. The van der Waals surface area contributed by atoms with E-state index in [2.05, 4.69) is 4.99 Å². The fraction of sp³-hybridized carbons (Fsp3) is 0.0833. The van der Waals surface area contributed by atoms with Crippen LogP contribution < -0.4 is 0 Å². The Labute approximate surface area is 117 Å². The monoisotopic (exact) mass is 291 g/mol. The maximum Gasteiger partial charge on any atom is 0.324 e. The SMILES string of the molecule is Cc1ccc([N+](=O)[O-])cc1N=Cc1ccc([N+](=O)[O-])s1. The number of hydrogen-bond acceptors (Lipinski definition) is 6. The third kappa shape index (κ3) is 3.04. The summed E-state index contributed by atoms with van der Waals surface area (Å²) in [6, 6.07) is 7.37. The predicted octanol–water partition coefficient (Wildman–Crippen LogP) is 3.62. The van der Waals surface area contributed by atoms with Crippen molar-refractivity contribution in [2.75, 3.05) is 0 Å². The molecule has 20 heavy (non-hydrogen) atoms. The summed E-state index contributed by atoms with van der Waals surface area (Å²) >= 11 is 0.994. The van der Waals surface area contributed by atoms with Crippen molar-refractivity contribution in [1.82, 2.24) is 0 Å². The van der Waals surface area contributed by atoms with E-state index in [-0.39, 0.29) is 10.7 Å². The summed E-state index contributed by atoms with van der Waals surface area (Å²) in [5, 5.41) is 21.3. The van der Waals surface area contributed by atoms with E-state index in [1.165, 1.54) is 24.4 Å². The highest BCUT2D eigenvalue weighted by molar-refractivity contribution is 7.16. The van der Waals surface area contributed by atoms with E-state index in [0.717, 1.165) is 16.9 Å². The minimum absolute atomic E-state index is 0.0298. The molecule has 0 aliphatic rings. The minimum Gasteiger partial charge on any atom is -0.258 e. The number of nitro groups is 2. The maximum atomic E-state index is 10.7. The number of non-ortho nitro benzene ring substituents is 1. The van der Waals surface area contributed by atoms with Gasteiger partial charge in [-0.25, -0.2) is 0 Å². The van der Waals surface area contributed by atoms with Gasteiger partial charge in [-0.15, -0.1) is 0 Å². The number of rotatable bonds is 4. The standard InChI is InChI=1S/C12H9N3O4S/c1-8-2-3-9(14(16)17)6-11(8)13-7-10-4-5-12(20-10)15(18)19/h2-7H,1H3. The van der Waals surface area contributed by atoms with Gasteiger partial charge in [0.25, 0.3) is 5.69 Å². The van der Waals surface area contributed by atoms with Gasteiger partial charge in [0.15, 0.2) is 0 Å². The van der Waals surface area contributed by atoms with Gasteiger partial charge in [0.1, 0.15) is 0 Å². The predicted molar refractivity (Wildman–Crippen MR) is 76.1 cm³/mol. The van der Waals surface area contributed by atoms with Crippen molar-refractivity contribution < 1.29 is 9.85 Å². The number of thiophene rings is 1. The van der Waals surface area contributed by atoms with E-state index in [1.807, 2.05) is 0 Å². The van der Waals surface area contributed by atoms with Crippen molar-refractivity contribution in [1.29, 1.82) is 0 Å². The first-order chi connectivity index (χ1) is 9.47. The molecule has 8 heteroatoms. The first-order valence-electron chi connectivity index (χ1n) is 5.50. The van der Waals surface area contributed by atoms with Crippen LogP contribution in [0.4, 0.5) is 16.4 Å². The molecule has 2 rings (SSSR count). The van der Waals surface area contributed by atoms with Crippen LogP contribution in [0.1, 0.15) is 10.4 Å². The molecule has 102 valence electrons. The van der Waals surface area contributed by atoms with E-state index in [9.17, 15) is 20.2 Å². The summed E-state index contributed by atoms with van der Waals surface area (Å²) in [6.45, 7) is 1.78. The van der Waals surface area contributed by atoms with Crippen LogP contribution in [-0.4, -0.2) is 16.1 Å². The van der Waals surface area contributed by atoms with E-state index >= 15 is 0 Å². The summed E-state index contributed by atoms with van der Waals surface area (Å²) in [4.78, 5) is 25.1. The lowest BCUT2D eigenvalue weighted by Gasteiger charge is -1.99. The molecule has 0 unspecified atom stereocenters. The molecule has 1 aromatic heterocycles. The van der Waals surface area contributed by atoms with Crippen molar-refractivity contribution in [3.8, 4) is 0 Å². The zero-order chi connectivity index (χ0) is 14.7. The van der Waals surface area contributed by atoms with Crippen molar-refractivity contribution in [2.24, 2.45) is 4.99 Å². The Morgan fingerprint density at radius 1 is 1.15 bits per heavy atom. The zero-order valence-electron chi connectivity index (χ0n) is 10.3. The second-order valence-corrected chi connectivity index (χ2v) is 5.01. The van der Waals surface area contributed by atoms with Crippen molar-refractivity contribution in [3.05, 3.63) is 61.0 Å². The van der Waals surface area contributed by atoms with Crippen LogP contribution in [0.15, 0.2) is 35.3 Å². The highest BCUT2D eigenvalue weighted by Crippen LogP contribution is 2.26. The molecular weight excluding hydrogens is 282 g/mol. The van der Waals surface area contributed by atoms with Gasteiger partial charge in [-0.1, -0.05) is 17.4 Å². The summed E-state index contributed by atoms with van der Waals surface area (Å²) in [5.41, 5.74) is 1.22. The Morgan fingerprint density at radius 3 is 2.50 bits per heavy atom. The molecule has 0 aliphatic carbocycles. The number of hydrogen-bond donors (Lipinski definition) is 0. The van der Waals surface area contributed by atoms with E-state index in [4.69, 9.17) is 0 Å². The van der Waals surface area contributed by atoms with E-state index in [0.29, 0.717) is 10.6 Å². The molecule has 2 aromatic rings. The van der Waals surface area contributed by atoms with Crippen LogP contribution in [0.2, 0.25) is 0 Å². The topological polar surface area (TPSA) is 98.6 Å². The molecule has 0 bridgehead atoms. The zero-order valence-corrected chi connectivity index (χ0v) is 11.2. The van der Waals surface area contributed by atoms with Gasteiger partial charge in [0.2, 0.25) is 0 Å². The van der Waals surface area contributed by atoms with Gasteiger partial charge < -0.3 is 0 Å². The maximum absolute atomic E-state index is 10.7. The van der Waals surface area contributed by atoms with Crippen molar-refractivity contribution >= 4 is 33.9 Å². The van der Waals surface area contributed by atoms with Crippen molar-refractivity contribution in [2.45, 2.75) is 6.92 Å². The highest BCUT2D eigenvalue weighted by Gasteiger charge is 2.09. The summed E-state index contributed by atoms with van der Waals surface area (Å²) in [7, 11) is 0. The Hall–Kier alpha value is -2.61. The lowest BCUT2D eigenvalue weighted by Crippen LogP contribution is -1.88. The normalized spacial score (nSPS) is 10.8. The lowest BCUT2D eigenvalue weighted by atomic mass is 10.2. The number of benzene rings is 1. The fourth-order valence-corrected chi connectivity index (χ4v) is 2.19.